The molecule has 9 heteroatoms. The van der Waals surface area contributed by atoms with E-state index in [1.54, 1.807) is 13.0 Å². The Morgan fingerprint density at radius 2 is 1.74 bits per heavy atom. The molecule has 0 radical (unpaired) electrons. The average molecular weight is 394 g/mol. The Hall–Kier alpha value is -3.13. The van der Waals surface area contributed by atoms with Crippen molar-refractivity contribution < 1.29 is 23.9 Å². The fraction of sp³-hybridized carbons (Fsp3) is 0.167. The number of carbonyl (C=O) groups excluding carboxylic acids is 2. The van der Waals surface area contributed by atoms with Crippen LogP contribution in [0, 0.1) is 5.82 Å². The van der Waals surface area contributed by atoms with Crippen LogP contribution in [0.15, 0.2) is 42.5 Å². The van der Waals surface area contributed by atoms with E-state index in [1.807, 2.05) is 0 Å². The maximum absolute atomic E-state index is 13.8. The number of benzene rings is 2. The molecule has 0 aliphatic rings. The molecule has 0 saturated heterocycles. The summed E-state index contributed by atoms with van der Waals surface area (Å²) in [5.41, 5.74) is -0.0356. The molecule has 4 N–H and O–H groups in total. The zero-order valence-electron chi connectivity index (χ0n) is 14.3. The summed E-state index contributed by atoms with van der Waals surface area (Å²) in [5.74, 6) is -2.00. The molecule has 142 valence electrons. The molecule has 27 heavy (non-hydrogen) atoms. The fourth-order valence-corrected chi connectivity index (χ4v) is 2.59. The van der Waals surface area contributed by atoms with Gasteiger partial charge in [-0.2, -0.15) is 0 Å². The topological polar surface area (TPSA) is 108 Å². The predicted molar refractivity (Wildman–Crippen MR) is 99.7 cm³/mol. The minimum atomic E-state index is -1.35. The minimum absolute atomic E-state index is 0.0425. The summed E-state index contributed by atoms with van der Waals surface area (Å²) in [6.45, 7) is 1.63. The number of rotatable bonds is 6. The molecule has 2 aromatic carbocycles. The van der Waals surface area contributed by atoms with Crippen molar-refractivity contribution in [3.63, 3.8) is 0 Å². The molecule has 0 heterocycles. The minimum Gasteiger partial charge on any atom is -0.465 e. The maximum Gasteiger partial charge on any atom is 0.405 e. The zero-order chi connectivity index (χ0) is 20.0. The third-order valence-corrected chi connectivity index (χ3v) is 3.96. The number of anilines is 2. The van der Waals surface area contributed by atoms with Crippen molar-refractivity contribution in [3.05, 3.63) is 58.9 Å². The summed E-state index contributed by atoms with van der Waals surface area (Å²) < 4.78 is 13.8. The number of carboxylic acid groups (broad SMARTS) is 1. The lowest BCUT2D eigenvalue weighted by molar-refractivity contribution is -0.118. The van der Waals surface area contributed by atoms with Gasteiger partial charge in [0.2, 0.25) is 5.91 Å². The van der Waals surface area contributed by atoms with Gasteiger partial charge in [-0.15, -0.1) is 0 Å². The van der Waals surface area contributed by atoms with Crippen LogP contribution < -0.4 is 16.0 Å². The van der Waals surface area contributed by atoms with Crippen molar-refractivity contribution in [3.8, 4) is 0 Å². The molecule has 0 fully saturated rings. The highest BCUT2D eigenvalue weighted by atomic mass is 35.5. The highest BCUT2D eigenvalue weighted by molar-refractivity contribution is 6.35. The van der Waals surface area contributed by atoms with Gasteiger partial charge in [-0.3, -0.25) is 9.59 Å². The highest BCUT2D eigenvalue weighted by Crippen LogP contribution is 2.26. The van der Waals surface area contributed by atoms with E-state index < -0.39 is 29.8 Å². The van der Waals surface area contributed by atoms with Crippen molar-refractivity contribution >= 4 is 40.9 Å². The number of hydrogen-bond donors (Lipinski definition) is 4. The molecular weight excluding hydrogens is 377 g/mol. The van der Waals surface area contributed by atoms with E-state index in [9.17, 15) is 18.8 Å². The van der Waals surface area contributed by atoms with Gasteiger partial charge in [-0.05, 0) is 30.7 Å². The molecule has 3 amide bonds. The van der Waals surface area contributed by atoms with E-state index >= 15 is 0 Å². The van der Waals surface area contributed by atoms with Crippen LogP contribution in [0.1, 0.15) is 23.7 Å². The monoisotopic (exact) mass is 393 g/mol. The molecule has 0 aromatic heterocycles. The van der Waals surface area contributed by atoms with Gasteiger partial charge in [0.25, 0.3) is 5.91 Å². The third-order valence-electron chi connectivity index (χ3n) is 3.64. The van der Waals surface area contributed by atoms with Crippen LogP contribution in [0.3, 0.4) is 0 Å². The van der Waals surface area contributed by atoms with E-state index in [0.717, 1.165) is 0 Å². The van der Waals surface area contributed by atoms with Gasteiger partial charge in [0.05, 0.1) is 22.0 Å². The number of para-hydroxylation sites is 1. The second kappa shape index (κ2) is 9.00. The van der Waals surface area contributed by atoms with E-state index in [-0.39, 0.29) is 28.4 Å². The van der Waals surface area contributed by atoms with Crippen LogP contribution in [-0.4, -0.2) is 29.1 Å². The molecule has 1 unspecified atom stereocenters. The molecule has 0 aliphatic heterocycles. The van der Waals surface area contributed by atoms with Gasteiger partial charge in [-0.1, -0.05) is 36.7 Å². The van der Waals surface area contributed by atoms with Crippen molar-refractivity contribution in [1.29, 1.82) is 0 Å². The SMILES string of the molecule is CCC(NC(=O)O)C(=O)Nc1cccc(Cl)c1C(=O)Nc1ccccc1F. The van der Waals surface area contributed by atoms with Crippen molar-refractivity contribution in [2.24, 2.45) is 0 Å². The Kier molecular flexibility index (Phi) is 6.73. The first kappa shape index (κ1) is 20.2. The van der Waals surface area contributed by atoms with E-state index in [0.29, 0.717) is 0 Å². The van der Waals surface area contributed by atoms with E-state index in [4.69, 9.17) is 16.7 Å². The zero-order valence-corrected chi connectivity index (χ0v) is 15.0. The molecule has 0 bridgehead atoms. The van der Waals surface area contributed by atoms with Crippen molar-refractivity contribution in [2.45, 2.75) is 19.4 Å². The first-order valence-electron chi connectivity index (χ1n) is 7.98. The summed E-state index contributed by atoms with van der Waals surface area (Å²) in [6.07, 6.45) is -1.14. The number of amides is 3. The summed E-state index contributed by atoms with van der Waals surface area (Å²) in [5, 5.41) is 15.8. The lowest BCUT2D eigenvalue weighted by atomic mass is 10.1. The second-order valence-electron chi connectivity index (χ2n) is 5.50. The first-order chi connectivity index (χ1) is 12.8. The lowest BCUT2D eigenvalue weighted by Gasteiger charge is -2.17. The van der Waals surface area contributed by atoms with Gasteiger partial charge in [0, 0.05) is 0 Å². The van der Waals surface area contributed by atoms with Crippen LogP contribution in [0.25, 0.3) is 0 Å². The molecule has 0 saturated carbocycles. The number of hydrogen-bond acceptors (Lipinski definition) is 3. The third kappa shape index (κ3) is 5.18. The summed E-state index contributed by atoms with van der Waals surface area (Å²) >= 11 is 6.10. The van der Waals surface area contributed by atoms with Gasteiger partial charge in [0.15, 0.2) is 0 Å². The maximum atomic E-state index is 13.8. The summed E-state index contributed by atoms with van der Waals surface area (Å²) in [6, 6.07) is 8.99. The number of nitrogens with one attached hydrogen (secondary N) is 3. The number of halogens is 2. The predicted octanol–water partition coefficient (Wildman–Crippen LogP) is 3.72. The number of carbonyl (C=O) groups is 3. The quantitative estimate of drug-likeness (QED) is 0.600. The normalized spacial score (nSPS) is 11.4. The Morgan fingerprint density at radius 1 is 1.07 bits per heavy atom. The lowest BCUT2D eigenvalue weighted by Crippen LogP contribution is -2.42. The van der Waals surface area contributed by atoms with E-state index in [1.165, 1.54) is 36.4 Å². The Balaban J connectivity index is 2.28. The smallest absolute Gasteiger partial charge is 0.405 e. The van der Waals surface area contributed by atoms with Crippen LogP contribution in [0.2, 0.25) is 5.02 Å². The van der Waals surface area contributed by atoms with Crippen LogP contribution in [0.4, 0.5) is 20.6 Å². The Labute approximate surface area is 159 Å². The first-order valence-corrected chi connectivity index (χ1v) is 8.36. The molecule has 2 aromatic rings. The van der Waals surface area contributed by atoms with Gasteiger partial charge in [0.1, 0.15) is 11.9 Å². The summed E-state index contributed by atoms with van der Waals surface area (Å²) in [7, 11) is 0. The fourth-order valence-electron chi connectivity index (χ4n) is 2.33. The Bertz CT molecular complexity index is 875. The van der Waals surface area contributed by atoms with Crippen LogP contribution >= 0.6 is 11.6 Å². The van der Waals surface area contributed by atoms with E-state index in [2.05, 4.69) is 16.0 Å². The van der Waals surface area contributed by atoms with Gasteiger partial charge in [-0.25, -0.2) is 9.18 Å². The molecule has 7 nitrogen and oxygen atoms in total. The van der Waals surface area contributed by atoms with Crippen molar-refractivity contribution in [1.82, 2.24) is 5.32 Å². The molecule has 2 rings (SSSR count). The average Bonchev–Trinajstić information content (AvgIpc) is 2.61. The van der Waals surface area contributed by atoms with Gasteiger partial charge >= 0.3 is 6.09 Å². The highest BCUT2D eigenvalue weighted by Gasteiger charge is 2.22. The molecule has 0 aliphatic carbocycles. The molecule has 0 spiro atoms. The van der Waals surface area contributed by atoms with Crippen LogP contribution in [0.5, 0.6) is 0 Å². The van der Waals surface area contributed by atoms with Gasteiger partial charge < -0.3 is 21.1 Å². The standard InChI is InChI=1S/C18H17ClFN3O4/c1-2-12(23-18(26)27)16(24)22-14-9-5-6-10(19)15(14)17(25)21-13-8-4-3-7-11(13)20/h3-9,12,23H,2H2,1H3,(H,21,25)(H,22,24)(H,26,27). The largest absolute Gasteiger partial charge is 0.465 e. The van der Waals surface area contributed by atoms with Crippen LogP contribution in [-0.2, 0) is 4.79 Å². The van der Waals surface area contributed by atoms with Crippen molar-refractivity contribution in [2.75, 3.05) is 10.6 Å². The molecular formula is C18H17ClFN3O4. The second-order valence-corrected chi connectivity index (χ2v) is 5.90. The molecule has 1 atom stereocenters. The Morgan fingerprint density at radius 3 is 2.37 bits per heavy atom. The summed E-state index contributed by atoms with van der Waals surface area (Å²) in [4.78, 5) is 35.7.